The van der Waals surface area contributed by atoms with E-state index >= 15 is 0 Å². The number of hydrogen-bond acceptors (Lipinski definition) is 4. The molecule has 0 aromatic heterocycles. The zero-order valence-electron chi connectivity index (χ0n) is 21.6. The average Bonchev–Trinajstić information content (AvgIpc) is 3.25. The molecule has 4 rings (SSSR count). The Morgan fingerprint density at radius 3 is 2.59 bits per heavy atom. The van der Waals surface area contributed by atoms with Crippen molar-refractivity contribution in [2.45, 2.75) is 83.1 Å². The van der Waals surface area contributed by atoms with Gasteiger partial charge in [-0.3, -0.25) is 9.59 Å². The lowest BCUT2D eigenvalue weighted by atomic mass is 9.88. The highest BCUT2D eigenvalue weighted by Gasteiger charge is 2.38. The van der Waals surface area contributed by atoms with Gasteiger partial charge in [-0.15, -0.1) is 0 Å². The number of hydrogen-bond donors (Lipinski definition) is 3. The Kier molecular flexibility index (Phi) is 8.92. The molecule has 0 spiro atoms. The highest BCUT2D eigenvalue weighted by Crippen LogP contribution is 2.26. The standard InChI is InChI=1S/C29H37F2N3O3/c1-3-4-7-20-10-11-34(29(20)37)18(2)28(36)33-26(14-19-12-23(30)16-24(31)13-19)27(35)25-15-21-8-5-6-9-22(21)17-32-25/h5-6,8-9,12-13,16,18,20,25-27,32,35H,3-4,7,10-11,14-15,17H2,1-2H3,(H,33,36)/t18?,20-,25+,26-,27+/m0/s1. The maximum Gasteiger partial charge on any atom is 0.242 e. The van der Waals surface area contributed by atoms with Crippen LogP contribution in [0.5, 0.6) is 0 Å². The van der Waals surface area contributed by atoms with Crippen LogP contribution in [-0.2, 0) is 29.0 Å². The summed E-state index contributed by atoms with van der Waals surface area (Å²) in [5.41, 5.74) is 2.60. The highest BCUT2D eigenvalue weighted by atomic mass is 19.1. The lowest BCUT2D eigenvalue weighted by Gasteiger charge is -2.35. The number of fused-ring (bicyclic) bond motifs is 1. The van der Waals surface area contributed by atoms with Crippen LogP contribution >= 0.6 is 0 Å². The molecule has 1 saturated heterocycles. The van der Waals surface area contributed by atoms with E-state index in [9.17, 15) is 23.5 Å². The molecule has 5 atom stereocenters. The summed E-state index contributed by atoms with van der Waals surface area (Å²) in [7, 11) is 0. The fourth-order valence-corrected chi connectivity index (χ4v) is 5.55. The maximum absolute atomic E-state index is 13.9. The minimum absolute atomic E-state index is 0.00838. The smallest absolute Gasteiger partial charge is 0.242 e. The molecule has 0 bridgehead atoms. The molecule has 2 aromatic rings. The van der Waals surface area contributed by atoms with Gasteiger partial charge in [-0.25, -0.2) is 8.78 Å². The number of rotatable bonds is 10. The summed E-state index contributed by atoms with van der Waals surface area (Å²) in [5.74, 6) is -1.88. The summed E-state index contributed by atoms with van der Waals surface area (Å²) in [6, 6.07) is 9.30. The van der Waals surface area contributed by atoms with Gasteiger partial charge < -0.3 is 20.6 Å². The second-order valence-electron chi connectivity index (χ2n) is 10.4. The zero-order valence-corrected chi connectivity index (χ0v) is 21.6. The number of carbonyl (C=O) groups excluding carboxylic acids is 2. The summed E-state index contributed by atoms with van der Waals surface area (Å²) >= 11 is 0. The van der Waals surface area contributed by atoms with E-state index in [0.29, 0.717) is 25.1 Å². The van der Waals surface area contributed by atoms with Gasteiger partial charge in [0, 0.05) is 31.1 Å². The van der Waals surface area contributed by atoms with E-state index in [4.69, 9.17) is 0 Å². The second-order valence-corrected chi connectivity index (χ2v) is 10.4. The van der Waals surface area contributed by atoms with Gasteiger partial charge in [-0.05, 0) is 61.4 Å². The molecule has 6 nitrogen and oxygen atoms in total. The van der Waals surface area contributed by atoms with Crippen LogP contribution in [-0.4, -0.2) is 52.6 Å². The summed E-state index contributed by atoms with van der Waals surface area (Å²) < 4.78 is 27.8. The van der Waals surface area contributed by atoms with Crippen molar-refractivity contribution in [3.63, 3.8) is 0 Å². The van der Waals surface area contributed by atoms with E-state index in [1.807, 2.05) is 24.3 Å². The molecule has 2 aromatic carbocycles. The number of nitrogens with one attached hydrogen (secondary N) is 2. The summed E-state index contributed by atoms with van der Waals surface area (Å²) in [5, 5.41) is 17.7. The Balaban J connectivity index is 1.50. The Bertz CT molecular complexity index is 1090. The van der Waals surface area contributed by atoms with Crippen LogP contribution in [0, 0.1) is 17.6 Å². The summed E-state index contributed by atoms with van der Waals surface area (Å²) in [4.78, 5) is 27.8. The van der Waals surface area contributed by atoms with Crippen molar-refractivity contribution in [1.29, 1.82) is 0 Å². The van der Waals surface area contributed by atoms with Crippen molar-refractivity contribution in [2.75, 3.05) is 6.54 Å². The molecule has 1 fully saturated rings. The van der Waals surface area contributed by atoms with Crippen LogP contribution in [0.1, 0.15) is 56.2 Å². The molecule has 1 unspecified atom stereocenters. The normalized spacial score (nSPS) is 21.9. The largest absolute Gasteiger partial charge is 0.389 e. The second kappa shape index (κ2) is 12.1. The lowest BCUT2D eigenvalue weighted by molar-refractivity contribution is -0.139. The monoisotopic (exact) mass is 513 g/mol. The fourth-order valence-electron chi connectivity index (χ4n) is 5.55. The molecule has 2 heterocycles. The number of halogens is 2. The van der Waals surface area contributed by atoms with Crippen LogP contribution in [0.3, 0.4) is 0 Å². The molecule has 2 aliphatic rings. The zero-order chi connectivity index (χ0) is 26.5. The first-order valence-corrected chi connectivity index (χ1v) is 13.3. The van der Waals surface area contributed by atoms with E-state index in [-0.39, 0.29) is 30.2 Å². The highest BCUT2D eigenvalue weighted by molar-refractivity contribution is 5.89. The Hall–Kier alpha value is -2.84. The molecule has 200 valence electrons. The van der Waals surface area contributed by atoms with Crippen LogP contribution in [0.4, 0.5) is 8.78 Å². The lowest BCUT2D eigenvalue weighted by Crippen LogP contribution is -2.58. The van der Waals surface area contributed by atoms with E-state index in [1.165, 1.54) is 12.1 Å². The Labute approximate surface area is 217 Å². The minimum atomic E-state index is -1.03. The number of nitrogens with zero attached hydrogens (tertiary/aromatic N) is 1. The molecule has 0 saturated carbocycles. The first kappa shape index (κ1) is 27.2. The van der Waals surface area contributed by atoms with E-state index < -0.39 is 29.8 Å². The van der Waals surface area contributed by atoms with Gasteiger partial charge in [0.25, 0.3) is 0 Å². The predicted octanol–water partition coefficient (Wildman–Crippen LogP) is 3.49. The SMILES string of the molecule is CCCC[C@H]1CCN(C(C)C(=O)N[C@@H](Cc2cc(F)cc(F)c2)[C@H](O)[C@H]2Cc3ccccc3CN2)C1=O. The van der Waals surface area contributed by atoms with Gasteiger partial charge in [0.1, 0.15) is 17.7 Å². The average molecular weight is 514 g/mol. The third kappa shape index (κ3) is 6.54. The van der Waals surface area contributed by atoms with Crippen molar-refractivity contribution >= 4 is 11.8 Å². The van der Waals surface area contributed by atoms with Gasteiger partial charge >= 0.3 is 0 Å². The number of aliphatic hydroxyl groups excluding tert-OH is 1. The number of amides is 2. The van der Waals surface area contributed by atoms with Crippen LogP contribution in [0.25, 0.3) is 0 Å². The molecular formula is C29H37F2N3O3. The Morgan fingerprint density at radius 2 is 1.89 bits per heavy atom. The number of likely N-dealkylation sites (tertiary alicyclic amines) is 1. The molecule has 0 aliphatic carbocycles. The summed E-state index contributed by atoms with van der Waals surface area (Å²) in [6.45, 7) is 4.87. The molecule has 2 aliphatic heterocycles. The third-order valence-electron chi connectivity index (χ3n) is 7.75. The topological polar surface area (TPSA) is 81.7 Å². The predicted molar refractivity (Wildman–Crippen MR) is 138 cm³/mol. The number of carbonyl (C=O) groups is 2. The number of benzene rings is 2. The van der Waals surface area contributed by atoms with Crippen LogP contribution in [0.15, 0.2) is 42.5 Å². The van der Waals surface area contributed by atoms with E-state index in [1.54, 1.807) is 11.8 Å². The van der Waals surface area contributed by atoms with E-state index in [2.05, 4.69) is 17.6 Å². The molecular weight excluding hydrogens is 476 g/mol. The molecule has 2 amide bonds. The summed E-state index contributed by atoms with van der Waals surface area (Å²) in [6.07, 6.45) is 3.11. The quantitative estimate of drug-likeness (QED) is 0.454. The maximum atomic E-state index is 13.9. The minimum Gasteiger partial charge on any atom is -0.389 e. The van der Waals surface area contributed by atoms with Gasteiger partial charge in [0.15, 0.2) is 0 Å². The first-order chi connectivity index (χ1) is 17.8. The van der Waals surface area contributed by atoms with Gasteiger partial charge in [0.05, 0.1) is 12.1 Å². The van der Waals surface area contributed by atoms with Gasteiger partial charge in [0.2, 0.25) is 11.8 Å². The Morgan fingerprint density at radius 1 is 1.19 bits per heavy atom. The number of unbranched alkanes of at least 4 members (excludes halogenated alkanes) is 1. The van der Waals surface area contributed by atoms with Crippen molar-refractivity contribution in [3.05, 3.63) is 70.8 Å². The van der Waals surface area contributed by atoms with Crippen molar-refractivity contribution < 1.29 is 23.5 Å². The fraction of sp³-hybridized carbons (Fsp3) is 0.517. The van der Waals surface area contributed by atoms with Gasteiger partial charge in [-0.1, -0.05) is 44.0 Å². The molecule has 0 radical (unpaired) electrons. The van der Waals surface area contributed by atoms with Gasteiger partial charge in [-0.2, -0.15) is 0 Å². The molecule has 37 heavy (non-hydrogen) atoms. The van der Waals surface area contributed by atoms with Crippen molar-refractivity contribution in [3.8, 4) is 0 Å². The third-order valence-corrected chi connectivity index (χ3v) is 7.75. The van der Waals surface area contributed by atoms with Crippen LogP contribution < -0.4 is 10.6 Å². The van der Waals surface area contributed by atoms with E-state index in [0.717, 1.165) is 42.9 Å². The van der Waals surface area contributed by atoms with Crippen molar-refractivity contribution in [2.24, 2.45) is 5.92 Å². The van der Waals surface area contributed by atoms with Crippen molar-refractivity contribution in [1.82, 2.24) is 15.5 Å². The number of aliphatic hydroxyl groups is 1. The van der Waals surface area contributed by atoms with Crippen LogP contribution in [0.2, 0.25) is 0 Å². The first-order valence-electron chi connectivity index (χ1n) is 13.3. The molecule has 3 N–H and O–H groups in total. The molecule has 8 heteroatoms.